The smallest absolute Gasteiger partial charge is 0.154 e. The molecule has 0 bridgehead atoms. The molecule has 1 rings (SSSR count). The number of nitrogens with two attached hydrogens (primary N) is 1. The molecule has 2 atom stereocenters. The van der Waals surface area contributed by atoms with Crippen LogP contribution in [-0.4, -0.2) is 39.2 Å². The fourth-order valence-corrected chi connectivity index (χ4v) is 3.07. The van der Waals surface area contributed by atoms with Crippen molar-refractivity contribution in [3.05, 3.63) is 0 Å². The van der Waals surface area contributed by atoms with E-state index in [0.717, 1.165) is 0 Å². The van der Waals surface area contributed by atoms with E-state index in [-0.39, 0.29) is 23.7 Å². The normalized spacial score (nSPS) is 35.8. The number of sulfone groups is 1. The zero-order valence-electron chi connectivity index (χ0n) is 6.28. The summed E-state index contributed by atoms with van der Waals surface area (Å²) in [6.07, 6.45) is -0.301. The van der Waals surface area contributed by atoms with Gasteiger partial charge in [-0.25, -0.2) is 8.42 Å². The van der Waals surface area contributed by atoms with Crippen LogP contribution in [0, 0.1) is 0 Å². The molecular weight excluding hydrogens is 168 g/mol. The number of hydrogen-bond donors (Lipinski definition) is 2. The zero-order valence-corrected chi connectivity index (χ0v) is 7.10. The molecule has 0 aromatic heterocycles. The molecule has 1 saturated heterocycles. The van der Waals surface area contributed by atoms with Crippen LogP contribution in [0.3, 0.4) is 0 Å². The van der Waals surface area contributed by atoms with E-state index in [0.29, 0.717) is 0 Å². The van der Waals surface area contributed by atoms with Crippen LogP contribution in [0.5, 0.6) is 0 Å². The van der Waals surface area contributed by atoms with Crippen LogP contribution in [0.4, 0.5) is 0 Å². The Hall–Kier alpha value is -0.170. The molecule has 0 saturated carbocycles. The van der Waals surface area contributed by atoms with Crippen molar-refractivity contribution >= 4 is 9.84 Å². The third-order valence-electron chi connectivity index (χ3n) is 1.82. The van der Waals surface area contributed by atoms with E-state index in [1.165, 1.54) is 7.11 Å². The van der Waals surface area contributed by atoms with Crippen LogP contribution in [-0.2, 0) is 14.6 Å². The summed E-state index contributed by atoms with van der Waals surface area (Å²) in [5.74, 6) is 5.27. The lowest BCUT2D eigenvalue weighted by Crippen LogP contribution is -2.43. The van der Waals surface area contributed by atoms with Crippen molar-refractivity contribution < 1.29 is 13.2 Å². The Balaban J connectivity index is 2.70. The summed E-state index contributed by atoms with van der Waals surface area (Å²) >= 11 is 0. The van der Waals surface area contributed by atoms with E-state index in [1.54, 1.807) is 0 Å². The van der Waals surface area contributed by atoms with Crippen molar-refractivity contribution in [2.45, 2.75) is 12.1 Å². The first-order chi connectivity index (χ1) is 5.09. The standard InChI is InChI=1S/C5H12N2O3S/c1-10-5-3-11(8,9)2-4(5)7-6/h4-5,7H,2-3,6H2,1H3. The van der Waals surface area contributed by atoms with E-state index >= 15 is 0 Å². The van der Waals surface area contributed by atoms with Crippen molar-refractivity contribution in [3.63, 3.8) is 0 Å². The highest BCUT2D eigenvalue weighted by Gasteiger charge is 2.36. The second-order valence-electron chi connectivity index (χ2n) is 2.62. The lowest BCUT2D eigenvalue weighted by atomic mass is 10.2. The molecule has 0 aromatic rings. The lowest BCUT2D eigenvalue weighted by Gasteiger charge is -2.13. The van der Waals surface area contributed by atoms with Crippen LogP contribution < -0.4 is 11.3 Å². The van der Waals surface area contributed by atoms with E-state index in [2.05, 4.69) is 5.43 Å². The van der Waals surface area contributed by atoms with E-state index in [9.17, 15) is 8.42 Å². The highest BCUT2D eigenvalue weighted by atomic mass is 32.2. The quantitative estimate of drug-likeness (QED) is 0.389. The van der Waals surface area contributed by atoms with Gasteiger partial charge in [0.1, 0.15) is 0 Å². The number of ether oxygens (including phenoxy) is 1. The van der Waals surface area contributed by atoms with Gasteiger partial charge in [0.2, 0.25) is 0 Å². The van der Waals surface area contributed by atoms with Gasteiger partial charge < -0.3 is 4.74 Å². The Morgan fingerprint density at radius 3 is 2.55 bits per heavy atom. The van der Waals surface area contributed by atoms with Crippen LogP contribution in [0.1, 0.15) is 0 Å². The molecule has 0 aromatic carbocycles. The summed E-state index contributed by atoms with van der Waals surface area (Å²) in [4.78, 5) is 0. The van der Waals surface area contributed by atoms with Gasteiger partial charge in [0, 0.05) is 7.11 Å². The minimum Gasteiger partial charge on any atom is -0.379 e. The van der Waals surface area contributed by atoms with Crippen molar-refractivity contribution in [2.24, 2.45) is 5.84 Å². The van der Waals surface area contributed by atoms with E-state index in [4.69, 9.17) is 10.6 Å². The van der Waals surface area contributed by atoms with Crippen LogP contribution in [0.2, 0.25) is 0 Å². The topological polar surface area (TPSA) is 81.4 Å². The maximum Gasteiger partial charge on any atom is 0.154 e. The SMILES string of the molecule is COC1CS(=O)(=O)CC1NN. The molecule has 2 unspecified atom stereocenters. The third-order valence-corrected chi connectivity index (χ3v) is 3.52. The van der Waals surface area contributed by atoms with Gasteiger partial charge in [0.25, 0.3) is 0 Å². The molecule has 3 N–H and O–H groups in total. The summed E-state index contributed by atoms with van der Waals surface area (Å²) in [7, 11) is -1.45. The van der Waals surface area contributed by atoms with Crippen LogP contribution in [0.15, 0.2) is 0 Å². The first-order valence-electron chi connectivity index (χ1n) is 3.28. The monoisotopic (exact) mass is 180 g/mol. The highest BCUT2D eigenvalue weighted by molar-refractivity contribution is 7.91. The van der Waals surface area contributed by atoms with Crippen molar-refractivity contribution in [1.82, 2.24) is 5.43 Å². The summed E-state index contributed by atoms with van der Waals surface area (Å²) in [5.41, 5.74) is 2.42. The molecule has 0 spiro atoms. The van der Waals surface area contributed by atoms with E-state index in [1.807, 2.05) is 0 Å². The zero-order chi connectivity index (χ0) is 8.48. The molecule has 0 radical (unpaired) electrons. The first kappa shape index (κ1) is 8.92. The summed E-state index contributed by atoms with van der Waals surface area (Å²) < 4.78 is 26.9. The Morgan fingerprint density at radius 2 is 2.18 bits per heavy atom. The number of rotatable bonds is 2. The summed E-state index contributed by atoms with van der Waals surface area (Å²) in [6.45, 7) is 0. The van der Waals surface area contributed by atoms with Crippen molar-refractivity contribution in [2.75, 3.05) is 18.6 Å². The highest BCUT2D eigenvalue weighted by Crippen LogP contribution is 2.13. The molecule has 0 amide bonds. The van der Waals surface area contributed by atoms with Crippen molar-refractivity contribution in [3.8, 4) is 0 Å². The molecular formula is C5H12N2O3S. The average Bonchev–Trinajstić information content (AvgIpc) is 2.25. The molecule has 66 valence electrons. The maximum absolute atomic E-state index is 11.0. The summed E-state index contributed by atoms with van der Waals surface area (Å²) in [6, 6.07) is -0.259. The van der Waals surface area contributed by atoms with E-state index < -0.39 is 9.84 Å². The lowest BCUT2D eigenvalue weighted by molar-refractivity contribution is 0.0993. The Morgan fingerprint density at radius 1 is 1.55 bits per heavy atom. The largest absolute Gasteiger partial charge is 0.379 e. The Bertz CT molecular complexity index is 208. The van der Waals surface area contributed by atoms with Crippen LogP contribution in [0.25, 0.3) is 0 Å². The first-order valence-corrected chi connectivity index (χ1v) is 5.10. The number of hydrazine groups is 1. The average molecular weight is 180 g/mol. The number of hydrogen-bond acceptors (Lipinski definition) is 5. The molecule has 1 aliphatic heterocycles. The van der Waals surface area contributed by atoms with Gasteiger partial charge in [-0.1, -0.05) is 0 Å². The van der Waals surface area contributed by atoms with Gasteiger partial charge in [-0.3, -0.25) is 11.3 Å². The second-order valence-corrected chi connectivity index (χ2v) is 4.78. The Labute approximate surface area is 65.8 Å². The van der Waals surface area contributed by atoms with Gasteiger partial charge in [0.05, 0.1) is 23.7 Å². The Kier molecular flexibility index (Phi) is 2.48. The molecule has 6 heteroatoms. The maximum atomic E-state index is 11.0. The van der Waals surface area contributed by atoms with Gasteiger partial charge in [-0.05, 0) is 0 Å². The van der Waals surface area contributed by atoms with Crippen molar-refractivity contribution in [1.29, 1.82) is 0 Å². The molecule has 0 aliphatic carbocycles. The predicted octanol–water partition coefficient (Wildman–Crippen LogP) is -1.74. The molecule has 1 fully saturated rings. The fraction of sp³-hybridized carbons (Fsp3) is 1.00. The van der Waals surface area contributed by atoms with Gasteiger partial charge in [-0.15, -0.1) is 0 Å². The third kappa shape index (κ3) is 1.90. The van der Waals surface area contributed by atoms with Gasteiger partial charge in [-0.2, -0.15) is 0 Å². The molecule has 11 heavy (non-hydrogen) atoms. The van der Waals surface area contributed by atoms with Gasteiger partial charge >= 0.3 is 0 Å². The fourth-order valence-electron chi connectivity index (χ4n) is 1.20. The minimum atomic E-state index is -2.94. The number of nitrogens with one attached hydrogen (secondary N) is 1. The summed E-state index contributed by atoms with van der Waals surface area (Å²) in [5, 5.41) is 0. The second kappa shape index (κ2) is 3.06. The van der Waals surface area contributed by atoms with Crippen LogP contribution >= 0.6 is 0 Å². The molecule has 1 aliphatic rings. The van der Waals surface area contributed by atoms with Gasteiger partial charge in [0.15, 0.2) is 9.84 Å². The minimum absolute atomic E-state index is 0.0678. The molecule has 5 nitrogen and oxygen atoms in total. The molecule has 1 heterocycles. The number of methoxy groups -OCH3 is 1. The predicted molar refractivity (Wildman–Crippen MR) is 40.6 cm³/mol.